The predicted molar refractivity (Wildman–Crippen MR) is 83.7 cm³/mol. The molecule has 0 aliphatic rings. The van der Waals surface area contributed by atoms with Crippen LogP contribution in [0.15, 0.2) is 22.8 Å². The van der Waals surface area contributed by atoms with E-state index >= 15 is 0 Å². The summed E-state index contributed by atoms with van der Waals surface area (Å²) in [6.07, 6.45) is 2.86. The Labute approximate surface area is 121 Å². The van der Waals surface area contributed by atoms with Crippen LogP contribution in [0.5, 0.6) is 5.75 Å². The molecule has 3 nitrogen and oxygen atoms in total. The lowest BCUT2D eigenvalue weighted by Gasteiger charge is -2.20. The Balaban J connectivity index is 2.48. The Morgan fingerprint density at radius 1 is 1.25 bits per heavy atom. The van der Waals surface area contributed by atoms with E-state index in [1.807, 2.05) is 6.26 Å². The average Bonchev–Trinajstić information content (AvgIpc) is 2.80. The summed E-state index contributed by atoms with van der Waals surface area (Å²) in [5.74, 6) is 0.897. The highest BCUT2D eigenvalue weighted by Gasteiger charge is 2.21. The van der Waals surface area contributed by atoms with Crippen LogP contribution in [0.25, 0.3) is 11.0 Å². The van der Waals surface area contributed by atoms with Gasteiger partial charge in [0.1, 0.15) is 11.3 Å². The van der Waals surface area contributed by atoms with Crippen molar-refractivity contribution in [1.29, 1.82) is 0 Å². The number of ether oxygens (including phenoxy) is 1. The molecule has 20 heavy (non-hydrogen) atoms. The van der Waals surface area contributed by atoms with E-state index in [2.05, 4.69) is 45.1 Å². The van der Waals surface area contributed by atoms with Crippen LogP contribution in [-0.4, -0.2) is 20.2 Å². The van der Waals surface area contributed by atoms with Crippen LogP contribution in [-0.2, 0) is 11.8 Å². The highest BCUT2D eigenvalue weighted by atomic mass is 16.5. The lowest BCUT2D eigenvalue weighted by atomic mass is 9.85. The second kappa shape index (κ2) is 5.88. The van der Waals surface area contributed by atoms with Gasteiger partial charge < -0.3 is 14.5 Å². The molecule has 0 fully saturated rings. The van der Waals surface area contributed by atoms with Gasteiger partial charge in [0.15, 0.2) is 0 Å². The van der Waals surface area contributed by atoms with Crippen molar-refractivity contribution >= 4 is 11.0 Å². The third kappa shape index (κ3) is 2.98. The van der Waals surface area contributed by atoms with Gasteiger partial charge in [-0.2, -0.15) is 0 Å². The molecule has 1 aromatic carbocycles. The smallest absolute Gasteiger partial charge is 0.138 e. The summed E-state index contributed by atoms with van der Waals surface area (Å²) in [4.78, 5) is 0. The van der Waals surface area contributed by atoms with Gasteiger partial charge in [0.2, 0.25) is 0 Å². The Kier molecular flexibility index (Phi) is 4.39. The summed E-state index contributed by atoms with van der Waals surface area (Å²) in [5.41, 5.74) is 3.46. The first-order chi connectivity index (χ1) is 9.47. The molecule has 0 spiro atoms. The molecule has 0 saturated carbocycles. The highest BCUT2D eigenvalue weighted by molar-refractivity contribution is 5.86. The quantitative estimate of drug-likeness (QED) is 0.841. The first-order valence-corrected chi connectivity index (χ1v) is 7.26. The van der Waals surface area contributed by atoms with Crippen molar-refractivity contribution in [1.82, 2.24) is 5.32 Å². The standard InChI is InChI=1S/C17H25NO2/c1-6-18-8-7-12-11-20-16-14(12)9-13(19-5)10-15(16)17(2,3)4/h9-11,18H,6-8H2,1-5H3. The maximum absolute atomic E-state index is 5.85. The maximum Gasteiger partial charge on any atom is 0.138 e. The van der Waals surface area contributed by atoms with Gasteiger partial charge in [0, 0.05) is 10.9 Å². The van der Waals surface area contributed by atoms with Gasteiger partial charge in [-0.3, -0.25) is 0 Å². The zero-order valence-corrected chi connectivity index (χ0v) is 13.2. The molecule has 0 bridgehead atoms. The van der Waals surface area contributed by atoms with Crippen molar-refractivity contribution in [2.45, 2.75) is 39.5 Å². The summed E-state index contributed by atoms with van der Waals surface area (Å²) in [6, 6.07) is 4.16. The van der Waals surface area contributed by atoms with Gasteiger partial charge in [-0.25, -0.2) is 0 Å². The maximum atomic E-state index is 5.85. The van der Waals surface area contributed by atoms with Crippen molar-refractivity contribution in [3.8, 4) is 5.75 Å². The second-order valence-electron chi connectivity index (χ2n) is 6.17. The van der Waals surface area contributed by atoms with E-state index in [4.69, 9.17) is 9.15 Å². The Morgan fingerprint density at radius 2 is 2.00 bits per heavy atom. The number of rotatable bonds is 5. The second-order valence-corrected chi connectivity index (χ2v) is 6.17. The van der Waals surface area contributed by atoms with Crippen LogP contribution in [0.4, 0.5) is 0 Å². The molecule has 0 atom stereocenters. The van der Waals surface area contributed by atoms with E-state index in [1.165, 1.54) is 16.5 Å². The minimum atomic E-state index is 0.0313. The summed E-state index contributed by atoms with van der Waals surface area (Å²) in [5, 5.41) is 4.53. The molecule has 1 N–H and O–H groups in total. The van der Waals surface area contributed by atoms with Gasteiger partial charge in [0.05, 0.1) is 13.4 Å². The Hall–Kier alpha value is -1.48. The number of benzene rings is 1. The molecule has 0 aliphatic carbocycles. The monoisotopic (exact) mass is 275 g/mol. The number of methoxy groups -OCH3 is 1. The molecule has 2 rings (SSSR count). The van der Waals surface area contributed by atoms with Gasteiger partial charge in [-0.15, -0.1) is 0 Å². The third-order valence-corrected chi connectivity index (χ3v) is 3.59. The zero-order chi connectivity index (χ0) is 14.8. The SMILES string of the molecule is CCNCCc1coc2c(C(C)(C)C)cc(OC)cc12. The molecule has 110 valence electrons. The Morgan fingerprint density at radius 3 is 2.60 bits per heavy atom. The van der Waals surface area contributed by atoms with Crippen molar-refractivity contribution in [2.24, 2.45) is 0 Å². The average molecular weight is 275 g/mol. The van der Waals surface area contributed by atoms with Gasteiger partial charge >= 0.3 is 0 Å². The van der Waals surface area contributed by atoms with Crippen LogP contribution < -0.4 is 10.1 Å². The lowest BCUT2D eigenvalue weighted by Crippen LogP contribution is -2.16. The fourth-order valence-electron chi connectivity index (χ4n) is 2.43. The van der Waals surface area contributed by atoms with Crippen LogP contribution >= 0.6 is 0 Å². The molecule has 0 radical (unpaired) electrons. The fraction of sp³-hybridized carbons (Fsp3) is 0.529. The fourth-order valence-corrected chi connectivity index (χ4v) is 2.43. The van der Waals surface area contributed by atoms with Crippen LogP contribution in [0.3, 0.4) is 0 Å². The van der Waals surface area contributed by atoms with Crippen LogP contribution in [0.1, 0.15) is 38.8 Å². The summed E-state index contributed by atoms with van der Waals surface area (Å²) < 4.78 is 11.3. The van der Waals surface area contributed by atoms with Crippen molar-refractivity contribution < 1.29 is 9.15 Å². The lowest BCUT2D eigenvalue weighted by molar-refractivity contribution is 0.413. The van der Waals surface area contributed by atoms with Gasteiger partial charge in [0.25, 0.3) is 0 Å². The first kappa shape index (κ1) is 14.9. The topological polar surface area (TPSA) is 34.4 Å². The van der Waals surface area contributed by atoms with Gasteiger partial charge in [-0.05, 0) is 42.6 Å². The minimum absolute atomic E-state index is 0.0313. The van der Waals surface area contributed by atoms with E-state index < -0.39 is 0 Å². The number of likely N-dealkylation sites (N-methyl/N-ethyl adjacent to an activating group) is 1. The number of hydrogen-bond acceptors (Lipinski definition) is 3. The molecule has 3 heteroatoms. The summed E-state index contributed by atoms with van der Waals surface area (Å²) >= 11 is 0. The predicted octanol–water partition coefficient (Wildman–Crippen LogP) is 3.89. The van der Waals surface area contributed by atoms with Gasteiger partial charge in [-0.1, -0.05) is 27.7 Å². The number of hydrogen-bond donors (Lipinski definition) is 1. The molecule has 2 aromatic rings. The van der Waals surface area contributed by atoms with E-state index in [1.54, 1.807) is 7.11 Å². The number of nitrogens with one attached hydrogen (secondary N) is 1. The van der Waals surface area contributed by atoms with Crippen LogP contribution in [0.2, 0.25) is 0 Å². The molecule has 0 aliphatic heterocycles. The summed E-state index contributed by atoms with van der Waals surface area (Å²) in [6.45, 7) is 10.7. The van der Waals surface area contributed by atoms with E-state index in [-0.39, 0.29) is 5.41 Å². The molecule has 0 saturated heterocycles. The first-order valence-electron chi connectivity index (χ1n) is 7.26. The molecular weight excluding hydrogens is 250 g/mol. The van der Waals surface area contributed by atoms with E-state index in [9.17, 15) is 0 Å². The minimum Gasteiger partial charge on any atom is -0.497 e. The van der Waals surface area contributed by atoms with E-state index in [0.717, 1.165) is 30.8 Å². The largest absolute Gasteiger partial charge is 0.497 e. The molecular formula is C17H25NO2. The van der Waals surface area contributed by atoms with E-state index in [0.29, 0.717) is 0 Å². The third-order valence-electron chi connectivity index (χ3n) is 3.59. The highest BCUT2D eigenvalue weighted by Crippen LogP contribution is 2.36. The molecule has 0 unspecified atom stereocenters. The van der Waals surface area contributed by atoms with Crippen LogP contribution in [0, 0.1) is 0 Å². The number of furan rings is 1. The van der Waals surface area contributed by atoms with Crippen molar-refractivity contribution in [2.75, 3.05) is 20.2 Å². The zero-order valence-electron chi connectivity index (χ0n) is 13.2. The van der Waals surface area contributed by atoms with Crippen molar-refractivity contribution in [3.63, 3.8) is 0 Å². The molecule has 1 aromatic heterocycles. The summed E-state index contributed by atoms with van der Waals surface area (Å²) in [7, 11) is 1.71. The molecule has 1 heterocycles. The Bertz CT molecular complexity index is 578. The number of fused-ring (bicyclic) bond motifs is 1. The normalized spacial score (nSPS) is 12.1. The molecule has 0 amide bonds. The van der Waals surface area contributed by atoms with Crippen molar-refractivity contribution in [3.05, 3.63) is 29.5 Å².